The second kappa shape index (κ2) is 12.4. The van der Waals surface area contributed by atoms with Crippen molar-refractivity contribution in [1.82, 2.24) is 5.32 Å². The van der Waals surface area contributed by atoms with Gasteiger partial charge in [-0.3, -0.25) is 4.79 Å². The molecule has 7 unspecified atom stereocenters. The summed E-state index contributed by atoms with van der Waals surface area (Å²) in [6.45, 7) is 5.87. The van der Waals surface area contributed by atoms with E-state index < -0.39 is 17.8 Å². The normalized spacial score (nSPS) is 36.2. The summed E-state index contributed by atoms with van der Waals surface area (Å²) in [5.41, 5.74) is 2.26. The lowest BCUT2D eigenvalue weighted by Crippen LogP contribution is -2.51. The number of benzene rings is 1. The molecule has 0 aromatic heterocycles. The molecular formula is C30H40ClNO7. The van der Waals surface area contributed by atoms with E-state index in [0.29, 0.717) is 42.9 Å². The minimum absolute atomic E-state index is 0.00357. The van der Waals surface area contributed by atoms with Gasteiger partial charge in [-0.2, -0.15) is 0 Å². The zero-order valence-corrected chi connectivity index (χ0v) is 24.1. The van der Waals surface area contributed by atoms with E-state index in [4.69, 9.17) is 30.5 Å². The van der Waals surface area contributed by atoms with Gasteiger partial charge in [0.2, 0.25) is 0 Å². The fourth-order valence-corrected chi connectivity index (χ4v) is 5.98. The number of hydrogen-bond donors (Lipinski definition) is 2. The van der Waals surface area contributed by atoms with Gasteiger partial charge >= 0.3 is 6.09 Å². The molecule has 1 aliphatic carbocycles. The van der Waals surface area contributed by atoms with Crippen LogP contribution in [0, 0.1) is 5.92 Å². The number of aliphatic hydroxyl groups excluding tert-OH is 1. The summed E-state index contributed by atoms with van der Waals surface area (Å²) in [6.07, 6.45) is 6.02. The third kappa shape index (κ3) is 7.23. The van der Waals surface area contributed by atoms with Crippen molar-refractivity contribution in [3.05, 3.63) is 52.1 Å². The second-order valence-electron chi connectivity index (χ2n) is 11.4. The Morgan fingerprint density at radius 1 is 1.15 bits per heavy atom. The molecule has 8 nitrogen and oxygen atoms in total. The van der Waals surface area contributed by atoms with E-state index in [0.717, 1.165) is 16.7 Å². The summed E-state index contributed by atoms with van der Waals surface area (Å²) in [4.78, 5) is 25.2. The number of Topliss-reactive ketones (excluding diaryl/α,β-unsaturated/α-hetero) is 1. The van der Waals surface area contributed by atoms with Crippen molar-refractivity contribution in [2.24, 2.45) is 5.92 Å². The molecule has 2 saturated heterocycles. The maximum atomic E-state index is 12.9. The number of alkyl carbamates (subject to hydrolysis) is 1. The van der Waals surface area contributed by atoms with E-state index >= 15 is 0 Å². The van der Waals surface area contributed by atoms with Gasteiger partial charge in [-0.1, -0.05) is 48.4 Å². The highest BCUT2D eigenvalue weighted by molar-refractivity contribution is 6.32. The maximum Gasteiger partial charge on any atom is 0.407 e. The van der Waals surface area contributed by atoms with Gasteiger partial charge in [0.15, 0.2) is 0 Å². The molecule has 4 bridgehead atoms. The number of methoxy groups -OCH3 is 2. The minimum atomic E-state index is -0.944. The molecule has 0 spiro atoms. The van der Waals surface area contributed by atoms with Gasteiger partial charge in [-0.25, -0.2) is 4.79 Å². The van der Waals surface area contributed by atoms with Gasteiger partial charge in [-0.05, 0) is 49.8 Å². The lowest BCUT2D eigenvalue weighted by molar-refractivity contribution is -0.122. The Kier molecular flexibility index (Phi) is 9.42. The molecule has 3 aliphatic rings. The molecule has 7 atom stereocenters. The van der Waals surface area contributed by atoms with Gasteiger partial charge in [0.1, 0.15) is 23.2 Å². The highest BCUT2D eigenvalue weighted by Gasteiger charge is 2.58. The Morgan fingerprint density at radius 3 is 2.64 bits per heavy atom. The second-order valence-corrected chi connectivity index (χ2v) is 11.7. The first-order valence-electron chi connectivity index (χ1n) is 13.6. The van der Waals surface area contributed by atoms with E-state index in [1.807, 2.05) is 45.1 Å². The number of carbonyl (C=O) groups is 2. The van der Waals surface area contributed by atoms with Crippen LogP contribution in [0.15, 0.2) is 35.9 Å². The number of fused-ring (bicyclic) bond motifs is 5. The number of hydrogen-bond acceptors (Lipinski definition) is 7. The molecule has 9 heteroatoms. The third-order valence-electron chi connectivity index (χ3n) is 8.00. The van der Waals surface area contributed by atoms with E-state index in [1.165, 1.54) is 0 Å². The van der Waals surface area contributed by atoms with Crippen LogP contribution in [-0.4, -0.2) is 67.3 Å². The Hall–Kier alpha value is -2.39. The number of halogens is 1. The average Bonchev–Trinajstić information content (AvgIpc) is 3.52. The first-order valence-corrected chi connectivity index (χ1v) is 14.0. The fourth-order valence-electron chi connectivity index (χ4n) is 5.72. The van der Waals surface area contributed by atoms with Crippen molar-refractivity contribution in [3.63, 3.8) is 0 Å². The van der Waals surface area contributed by atoms with Gasteiger partial charge in [0.25, 0.3) is 0 Å². The number of rotatable bonds is 2. The van der Waals surface area contributed by atoms with E-state index in [-0.39, 0.29) is 42.5 Å². The highest BCUT2D eigenvalue weighted by Crippen LogP contribution is 2.44. The molecule has 2 heterocycles. The molecule has 1 aromatic carbocycles. The van der Waals surface area contributed by atoms with Crippen LogP contribution in [-0.2, 0) is 31.8 Å². The molecule has 2 N–H and O–H groups in total. The molecule has 1 aromatic rings. The number of nitrogens with one attached hydrogen (secondary N) is 1. The van der Waals surface area contributed by atoms with Crippen molar-refractivity contribution in [1.29, 1.82) is 0 Å². The van der Waals surface area contributed by atoms with Crippen molar-refractivity contribution in [3.8, 4) is 5.75 Å². The predicted molar refractivity (Wildman–Crippen MR) is 148 cm³/mol. The quantitative estimate of drug-likeness (QED) is 0.503. The lowest BCUT2D eigenvalue weighted by atomic mass is 9.88. The Balaban J connectivity index is 1.62. The number of ketones is 1. The topological polar surface area (TPSA) is 107 Å². The average molecular weight is 562 g/mol. The van der Waals surface area contributed by atoms with Gasteiger partial charge < -0.3 is 29.4 Å². The summed E-state index contributed by atoms with van der Waals surface area (Å²) in [5, 5.41) is 14.3. The van der Waals surface area contributed by atoms with Crippen LogP contribution < -0.4 is 10.1 Å². The molecule has 0 radical (unpaired) electrons. The summed E-state index contributed by atoms with van der Waals surface area (Å²) in [6, 6.07) is 3.74. The monoisotopic (exact) mass is 561 g/mol. The zero-order valence-electron chi connectivity index (χ0n) is 23.4. The van der Waals surface area contributed by atoms with Crippen LogP contribution >= 0.6 is 11.6 Å². The first kappa shape index (κ1) is 29.6. The number of epoxide rings is 1. The molecular weight excluding hydrogens is 522 g/mol. The number of ether oxygens (including phenoxy) is 4. The Bertz CT molecular complexity index is 1130. The van der Waals surface area contributed by atoms with Gasteiger partial charge in [-0.15, -0.1) is 0 Å². The van der Waals surface area contributed by atoms with Crippen LogP contribution in [0.5, 0.6) is 5.75 Å². The predicted octanol–water partition coefficient (Wildman–Crippen LogP) is 4.73. The van der Waals surface area contributed by atoms with Crippen LogP contribution in [0.25, 0.3) is 0 Å². The number of carbonyl (C=O) groups excluding carboxylic acids is 2. The van der Waals surface area contributed by atoms with Crippen LogP contribution in [0.1, 0.15) is 57.6 Å². The van der Waals surface area contributed by atoms with Crippen LogP contribution in [0.4, 0.5) is 4.79 Å². The summed E-state index contributed by atoms with van der Waals surface area (Å²) in [7, 11) is 3.21. The number of aliphatic hydroxyl groups is 1. The van der Waals surface area contributed by atoms with Crippen molar-refractivity contribution < 1.29 is 33.6 Å². The summed E-state index contributed by atoms with van der Waals surface area (Å²) in [5.74, 6) is 0.599. The van der Waals surface area contributed by atoms with Gasteiger partial charge in [0.05, 0.1) is 36.5 Å². The van der Waals surface area contributed by atoms with E-state index in [1.54, 1.807) is 14.2 Å². The smallest absolute Gasteiger partial charge is 0.407 e. The molecule has 39 heavy (non-hydrogen) atoms. The summed E-state index contributed by atoms with van der Waals surface area (Å²) >= 11 is 6.65. The summed E-state index contributed by atoms with van der Waals surface area (Å²) < 4.78 is 22.6. The molecule has 0 saturated carbocycles. The highest BCUT2D eigenvalue weighted by atomic mass is 35.5. The zero-order chi connectivity index (χ0) is 28.3. The molecule has 1 amide bonds. The largest absolute Gasteiger partial charge is 0.495 e. The number of allylic oxidation sites excluding steroid dienone is 3. The fraction of sp³-hybridized carbons (Fsp3) is 0.600. The minimum Gasteiger partial charge on any atom is -0.495 e. The van der Waals surface area contributed by atoms with Crippen molar-refractivity contribution >= 4 is 23.5 Å². The molecule has 4 rings (SSSR count). The Morgan fingerprint density at radius 2 is 1.92 bits per heavy atom. The number of amides is 1. The first-order chi connectivity index (χ1) is 18.5. The molecule has 2 aliphatic heterocycles. The molecule has 214 valence electrons. The lowest BCUT2D eigenvalue weighted by Gasteiger charge is -2.33. The standard InChI is InChI=1S/C30H40ClNO7/c1-17-7-6-8-24(36-4)23-15-22(38-29(35)32-23)16-27-30(3,39-27)26(34)14-21(33)11-18(2)10-20-12-19(9-17)13-25(37-5)28(20)31/h6-8,12-13,18,22-24,26-27,34H,9-11,14-16H2,1-5H3,(H,32,35)/b8-6+,17-7+. The van der Waals surface area contributed by atoms with Gasteiger partial charge in [0, 0.05) is 32.8 Å². The van der Waals surface area contributed by atoms with Crippen molar-refractivity contribution in [2.75, 3.05) is 14.2 Å². The van der Waals surface area contributed by atoms with Crippen LogP contribution in [0.2, 0.25) is 5.02 Å². The van der Waals surface area contributed by atoms with Crippen LogP contribution in [0.3, 0.4) is 0 Å². The third-order valence-corrected chi connectivity index (χ3v) is 8.43. The SMILES string of the molecule is COc1cc2cc(c1Cl)CC(C)CC(=O)CC(O)C1(C)OC1CC1CC(NC(=O)O1)C(OC)/C=C/C=C(\C)C2. The van der Waals surface area contributed by atoms with E-state index in [2.05, 4.69) is 11.4 Å². The van der Waals surface area contributed by atoms with Crippen molar-refractivity contribution in [2.45, 2.75) is 95.4 Å². The Labute approximate surface area is 235 Å². The maximum absolute atomic E-state index is 12.9. The van der Waals surface area contributed by atoms with E-state index in [9.17, 15) is 14.7 Å². The molecule has 2 fully saturated rings.